The molecule has 0 aliphatic rings. The van der Waals surface area contributed by atoms with Gasteiger partial charge in [0, 0.05) is 32.0 Å². The summed E-state index contributed by atoms with van der Waals surface area (Å²) in [7, 11) is 0. The summed E-state index contributed by atoms with van der Waals surface area (Å²) in [6.07, 6.45) is 11.7. The van der Waals surface area contributed by atoms with Gasteiger partial charge in [-0.25, -0.2) is 4.79 Å². The highest BCUT2D eigenvalue weighted by Gasteiger charge is 2.01. The minimum absolute atomic E-state index is 0.308. The molecule has 0 spiro atoms. The third-order valence-electron chi connectivity index (χ3n) is 3.73. The van der Waals surface area contributed by atoms with Crippen LogP contribution in [0.3, 0.4) is 0 Å². The number of carbonyl (C=O) groups is 1. The second-order valence-electron chi connectivity index (χ2n) is 6.32. The molecule has 0 aromatic rings. The molecular weight excluding hydrogens is 304 g/mol. The highest BCUT2D eigenvalue weighted by Crippen LogP contribution is 2.05. The Labute approximate surface area is 148 Å². The van der Waals surface area contributed by atoms with Crippen molar-refractivity contribution < 1.29 is 19.0 Å². The summed E-state index contributed by atoms with van der Waals surface area (Å²) in [5, 5.41) is 0. The minimum Gasteiger partial charge on any atom is -0.462 e. The molecule has 0 rings (SSSR count). The van der Waals surface area contributed by atoms with Gasteiger partial charge in [-0.1, -0.05) is 45.6 Å². The lowest BCUT2D eigenvalue weighted by atomic mass is 10.1. The van der Waals surface area contributed by atoms with Crippen LogP contribution in [-0.2, 0) is 19.0 Å². The van der Waals surface area contributed by atoms with Crippen LogP contribution in [0.2, 0.25) is 0 Å². The minimum atomic E-state index is -0.308. The van der Waals surface area contributed by atoms with E-state index in [1.807, 2.05) is 0 Å². The molecule has 0 bridgehead atoms. The van der Waals surface area contributed by atoms with E-state index in [1.165, 1.54) is 38.5 Å². The van der Waals surface area contributed by atoms with Crippen molar-refractivity contribution >= 4 is 5.97 Å². The van der Waals surface area contributed by atoms with Gasteiger partial charge >= 0.3 is 5.97 Å². The summed E-state index contributed by atoms with van der Waals surface area (Å²) in [5.74, 6) is -0.308. The van der Waals surface area contributed by atoms with Crippen LogP contribution in [0.5, 0.6) is 0 Å². The molecular formula is C20H38O4. The highest BCUT2D eigenvalue weighted by atomic mass is 16.5. The second-order valence-corrected chi connectivity index (χ2v) is 6.32. The lowest BCUT2D eigenvalue weighted by Crippen LogP contribution is -2.07. The van der Waals surface area contributed by atoms with Crippen molar-refractivity contribution in [2.75, 3.05) is 33.0 Å². The maximum absolute atomic E-state index is 11.1. The van der Waals surface area contributed by atoms with Crippen molar-refractivity contribution in [2.45, 2.75) is 78.1 Å². The van der Waals surface area contributed by atoms with Gasteiger partial charge < -0.3 is 14.2 Å². The van der Waals surface area contributed by atoms with E-state index in [9.17, 15) is 4.79 Å². The molecule has 4 heteroatoms. The fraction of sp³-hybridized carbons (Fsp3) is 0.850. The van der Waals surface area contributed by atoms with Crippen LogP contribution in [0.25, 0.3) is 0 Å². The Kier molecular flexibility index (Phi) is 17.8. The Hall–Kier alpha value is -0.870. The molecule has 4 nitrogen and oxygen atoms in total. The van der Waals surface area contributed by atoms with Gasteiger partial charge in [0.05, 0.1) is 6.61 Å². The van der Waals surface area contributed by atoms with E-state index in [1.54, 1.807) is 6.92 Å². The van der Waals surface area contributed by atoms with Crippen LogP contribution in [0.4, 0.5) is 0 Å². The summed E-state index contributed by atoms with van der Waals surface area (Å²) in [6.45, 7) is 11.1. The van der Waals surface area contributed by atoms with Gasteiger partial charge in [0.1, 0.15) is 0 Å². The van der Waals surface area contributed by atoms with Crippen molar-refractivity contribution in [3.05, 3.63) is 12.2 Å². The van der Waals surface area contributed by atoms with Crippen LogP contribution in [0, 0.1) is 0 Å². The number of esters is 1. The largest absolute Gasteiger partial charge is 0.462 e. The first-order valence-corrected chi connectivity index (χ1v) is 9.66. The average Bonchev–Trinajstić information content (AvgIpc) is 2.57. The van der Waals surface area contributed by atoms with Gasteiger partial charge in [-0.15, -0.1) is 0 Å². The van der Waals surface area contributed by atoms with Gasteiger partial charge in [0.2, 0.25) is 0 Å². The molecule has 0 aromatic carbocycles. The standard InChI is InChI=1S/C20H38O4/c1-4-5-6-7-8-9-14-22-15-10-11-16-23-17-12-13-18-24-20(21)19(2)3/h2,4-18H2,1,3H3. The zero-order valence-corrected chi connectivity index (χ0v) is 15.9. The molecule has 0 amide bonds. The molecule has 0 saturated heterocycles. The monoisotopic (exact) mass is 342 g/mol. The Bertz CT molecular complexity index is 302. The van der Waals surface area contributed by atoms with Gasteiger partial charge in [-0.2, -0.15) is 0 Å². The quantitative estimate of drug-likeness (QED) is 0.198. The molecule has 0 aliphatic heterocycles. The summed E-state index contributed by atoms with van der Waals surface area (Å²) in [6, 6.07) is 0. The first-order valence-electron chi connectivity index (χ1n) is 9.66. The number of carbonyl (C=O) groups excluding carboxylic acids is 1. The van der Waals surface area contributed by atoms with E-state index >= 15 is 0 Å². The zero-order valence-electron chi connectivity index (χ0n) is 15.9. The molecule has 0 aromatic heterocycles. The number of unbranched alkanes of at least 4 members (excludes halogenated alkanes) is 7. The Morgan fingerprint density at radius 3 is 1.62 bits per heavy atom. The number of hydrogen-bond acceptors (Lipinski definition) is 4. The Morgan fingerprint density at radius 1 is 0.708 bits per heavy atom. The van der Waals surface area contributed by atoms with Crippen molar-refractivity contribution in [3.63, 3.8) is 0 Å². The number of hydrogen-bond donors (Lipinski definition) is 0. The maximum atomic E-state index is 11.1. The molecule has 0 radical (unpaired) electrons. The molecule has 0 heterocycles. The van der Waals surface area contributed by atoms with Gasteiger partial charge in [-0.3, -0.25) is 0 Å². The summed E-state index contributed by atoms with van der Waals surface area (Å²) < 4.78 is 16.2. The van der Waals surface area contributed by atoms with Crippen molar-refractivity contribution in [1.82, 2.24) is 0 Å². The van der Waals surface area contributed by atoms with E-state index in [0.29, 0.717) is 12.2 Å². The first-order chi connectivity index (χ1) is 11.7. The fourth-order valence-electron chi connectivity index (χ4n) is 2.19. The highest BCUT2D eigenvalue weighted by molar-refractivity contribution is 5.86. The normalized spacial score (nSPS) is 10.8. The molecule has 0 N–H and O–H groups in total. The Balaban J connectivity index is 3.05. The molecule has 0 saturated carbocycles. The average molecular weight is 343 g/mol. The van der Waals surface area contributed by atoms with Crippen molar-refractivity contribution in [1.29, 1.82) is 0 Å². The molecule has 24 heavy (non-hydrogen) atoms. The molecule has 0 atom stereocenters. The molecule has 0 unspecified atom stereocenters. The number of rotatable bonds is 18. The summed E-state index contributed by atoms with van der Waals surface area (Å²) >= 11 is 0. The van der Waals surface area contributed by atoms with E-state index in [2.05, 4.69) is 13.5 Å². The zero-order chi connectivity index (χ0) is 17.9. The van der Waals surface area contributed by atoms with Crippen LogP contribution in [-0.4, -0.2) is 39.0 Å². The summed E-state index contributed by atoms with van der Waals surface area (Å²) in [4.78, 5) is 11.1. The number of ether oxygens (including phenoxy) is 3. The van der Waals surface area contributed by atoms with E-state index in [0.717, 1.165) is 52.1 Å². The lowest BCUT2D eigenvalue weighted by Gasteiger charge is -2.06. The molecule has 0 aliphatic carbocycles. The van der Waals surface area contributed by atoms with Crippen molar-refractivity contribution in [3.8, 4) is 0 Å². The van der Waals surface area contributed by atoms with E-state index in [-0.39, 0.29) is 5.97 Å². The van der Waals surface area contributed by atoms with E-state index in [4.69, 9.17) is 14.2 Å². The van der Waals surface area contributed by atoms with Crippen molar-refractivity contribution in [2.24, 2.45) is 0 Å². The van der Waals surface area contributed by atoms with Gasteiger partial charge in [0.15, 0.2) is 0 Å². The smallest absolute Gasteiger partial charge is 0.333 e. The second kappa shape index (κ2) is 18.5. The van der Waals surface area contributed by atoms with Crippen LogP contribution >= 0.6 is 0 Å². The van der Waals surface area contributed by atoms with Gasteiger partial charge in [-0.05, 0) is 39.0 Å². The predicted molar refractivity (Wildman–Crippen MR) is 99.3 cm³/mol. The first kappa shape index (κ1) is 23.1. The third-order valence-corrected chi connectivity index (χ3v) is 3.73. The predicted octanol–water partition coefficient (Wildman–Crippen LogP) is 5.06. The molecule has 142 valence electrons. The van der Waals surface area contributed by atoms with Gasteiger partial charge in [0.25, 0.3) is 0 Å². The van der Waals surface area contributed by atoms with E-state index < -0.39 is 0 Å². The molecule has 0 fully saturated rings. The Morgan fingerprint density at radius 2 is 1.12 bits per heavy atom. The van der Waals surface area contributed by atoms with Crippen LogP contribution in [0.1, 0.15) is 78.1 Å². The van der Waals surface area contributed by atoms with Crippen LogP contribution < -0.4 is 0 Å². The fourth-order valence-corrected chi connectivity index (χ4v) is 2.19. The summed E-state index contributed by atoms with van der Waals surface area (Å²) in [5.41, 5.74) is 0.449. The maximum Gasteiger partial charge on any atom is 0.333 e. The SMILES string of the molecule is C=C(C)C(=O)OCCCCOCCCCOCCCCCCCC. The lowest BCUT2D eigenvalue weighted by molar-refractivity contribution is -0.139. The van der Waals surface area contributed by atoms with Crippen LogP contribution in [0.15, 0.2) is 12.2 Å². The third kappa shape index (κ3) is 17.5. The topological polar surface area (TPSA) is 44.8 Å².